The van der Waals surface area contributed by atoms with Crippen molar-refractivity contribution in [1.29, 1.82) is 0 Å². The molecule has 0 saturated carbocycles. The van der Waals surface area contributed by atoms with E-state index in [0.717, 1.165) is 64.2 Å². The fourth-order valence-corrected chi connectivity index (χ4v) is 6.65. The van der Waals surface area contributed by atoms with Crippen LogP contribution >= 0.6 is 0 Å². The van der Waals surface area contributed by atoms with Crippen molar-refractivity contribution in [3.8, 4) is 0 Å². The third kappa shape index (κ3) is 37.1. The van der Waals surface area contributed by atoms with Gasteiger partial charge in [0.25, 0.3) is 0 Å². The molecule has 0 amide bonds. The molecular formula is C48H88NO7+. The minimum absolute atomic E-state index is 0.0551. The normalized spacial score (nSPS) is 13.2. The van der Waals surface area contributed by atoms with Crippen molar-refractivity contribution in [2.45, 2.75) is 212 Å². The van der Waals surface area contributed by atoms with Crippen LogP contribution in [0.3, 0.4) is 0 Å². The summed E-state index contributed by atoms with van der Waals surface area (Å²) < 4.78 is 17.3. The van der Waals surface area contributed by atoms with Crippen molar-refractivity contribution in [1.82, 2.24) is 0 Å². The summed E-state index contributed by atoms with van der Waals surface area (Å²) in [5.74, 6) is -1.49. The fraction of sp³-hybridized carbons (Fsp3) is 0.812. The number of carbonyl (C=O) groups excluding carboxylic acids is 2. The maximum Gasteiger partial charge on any atom is 0.362 e. The molecule has 2 unspecified atom stereocenters. The number of unbranched alkanes of at least 4 members (excludes halogenated alkanes) is 21. The molecule has 0 fully saturated rings. The molecule has 0 aliphatic carbocycles. The Morgan fingerprint density at radius 2 is 0.946 bits per heavy atom. The average Bonchev–Trinajstić information content (AvgIpc) is 3.15. The topological polar surface area (TPSA) is 99.1 Å². The Morgan fingerprint density at radius 1 is 0.536 bits per heavy atom. The Balaban J connectivity index is 4.34. The van der Waals surface area contributed by atoms with Crippen molar-refractivity contribution >= 4 is 17.9 Å². The maximum absolute atomic E-state index is 12.7. The molecule has 0 rings (SSSR count). The van der Waals surface area contributed by atoms with Crippen LogP contribution in [0.15, 0.2) is 36.5 Å². The largest absolute Gasteiger partial charge is 0.477 e. The quantitative estimate of drug-likeness (QED) is 0.0285. The van der Waals surface area contributed by atoms with E-state index >= 15 is 0 Å². The van der Waals surface area contributed by atoms with Gasteiger partial charge in [0.1, 0.15) is 6.61 Å². The summed E-state index contributed by atoms with van der Waals surface area (Å²) in [6.45, 7) is 4.69. The molecule has 0 radical (unpaired) electrons. The highest BCUT2D eigenvalue weighted by atomic mass is 16.6. The molecule has 0 heterocycles. The van der Waals surface area contributed by atoms with Gasteiger partial charge < -0.3 is 23.8 Å². The van der Waals surface area contributed by atoms with Crippen LogP contribution in [0.25, 0.3) is 0 Å². The van der Waals surface area contributed by atoms with E-state index in [1.165, 1.54) is 103 Å². The number of ether oxygens (including phenoxy) is 3. The lowest BCUT2D eigenvalue weighted by molar-refractivity contribution is -0.887. The average molecular weight is 791 g/mol. The van der Waals surface area contributed by atoms with Crippen molar-refractivity contribution in [2.24, 2.45) is 0 Å². The number of rotatable bonds is 41. The molecule has 0 saturated heterocycles. The second kappa shape index (κ2) is 39.4. The van der Waals surface area contributed by atoms with Gasteiger partial charge in [0, 0.05) is 19.3 Å². The van der Waals surface area contributed by atoms with E-state index in [4.69, 9.17) is 14.2 Å². The van der Waals surface area contributed by atoms with Crippen LogP contribution in [0.5, 0.6) is 0 Å². The highest BCUT2D eigenvalue weighted by Gasteiger charge is 2.31. The van der Waals surface area contributed by atoms with E-state index in [1.807, 2.05) is 21.1 Å². The summed E-state index contributed by atoms with van der Waals surface area (Å²) in [4.78, 5) is 37.0. The van der Waals surface area contributed by atoms with Crippen molar-refractivity contribution < 1.29 is 38.2 Å². The third-order valence-corrected chi connectivity index (χ3v) is 10.3. The monoisotopic (exact) mass is 791 g/mol. The Bertz CT molecular complexity index is 1020. The standard InChI is InChI=1S/C48H87NO7/c1-6-8-10-12-14-16-18-20-22-23-25-26-28-30-32-34-36-38-46(50)55-43-44(42-54-41-40-45(48(52)53)49(3,4)5)56-47(51)39-37-35-33-31-29-27-24-21-19-17-15-13-11-9-7-2/h15,17,20-22,24,44-45H,6-14,16,18-19,23,25-43H2,1-5H3/p+1/b17-15-,22-20-,24-21-. The second-order valence-corrected chi connectivity index (χ2v) is 16.7. The number of quaternary nitrogens is 1. The molecule has 2 atom stereocenters. The molecule has 8 nitrogen and oxygen atoms in total. The number of hydrogen-bond acceptors (Lipinski definition) is 6. The number of nitrogens with zero attached hydrogens (tertiary/aromatic N) is 1. The fourth-order valence-electron chi connectivity index (χ4n) is 6.65. The number of carboxylic acid groups (broad SMARTS) is 1. The number of likely N-dealkylation sites (N-methyl/N-ethyl adjacent to an activating group) is 1. The van der Waals surface area contributed by atoms with Crippen LogP contribution in [-0.2, 0) is 28.6 Å². The molecular weight excluding hydrogens is 703 g/mol. The molecule has 0 bridgehead atoms. The van der Waals surface area contributed by atoms with Crippen molar-refractivity contribution in [3.63, 3.8) is 0 Å². The zero-order valence-corrected chi connectivity index (χ0v) is 37.1. The second-order valence-electron chi connectivity index (χ2n) is 16.7. The van der Waals surface area contributed by atoms with E-state index in [9.17, 15) is 19.5 Å². The number of esters is 2. The molecule has 0 aliphatic heterocycles. The summed E-state index contributed by atoms with van der Waals surface area (Å²) in [6.07, 6.45) is 44.6. The van der Waals surface area contributed by atoms with Gasteiger partial charge in [-0.05, 0) is 70.6 Å². The molecule has 56 heavy (non-hydrogen) atoms. The van der Waals surface area contributed by atoms with E-state index in [2.05, 4.69) is 50.3 Å². The van der Waals surface area contributed by atoms with Gasteiger partial charge in [-0.15, -0.1) is 0 Å². The SMILES string of the molecule is CCCCC/C=C\C/C=C\CCCCCCCC(=O)OC(COCCC(C(=O)O)[N+](C)(C)C)COC(=O)CCCCCCCCC/C=C\CCCCCCCC. The van der Waals surface area contributed by atoms with E-state index in [-0.39, 0.29) is 36.2 Å². The highest BCUT2D eigenvalue weighted by Crippen LogP contribution is 2.14. The lowest BCUT2D eigenvalue weighted by atomic mass is 10.1. The Morgan fingerprint density at radius 3 is 1.43 bits per heavy atom. The minimum atomic E-state index is -0.878. The predicted octanol–water partition coefficient (Wildman–Crippen LogP) is 12.6. The van der Waals surface area contributed by atoms with E-state index in [1.54, 1.807) is 0 Å². The number of carboxylic acids is 1. The number of carbonyl (C=O) groups is 3. The van der Waals surface area contributed by atoms with Crippen molar-refractivity contribution in [2.75, 3.05) is 41.0 Å². The molecule has 0 aromatic rings. The van der Waals surface area contributed by atoms with E-state index in [0.29, 0.717) is 19.3 Å². The van der Waals surface area contributed by atoms with Crippen LogP contribution in [0.1, 0.15) is 200 Å². The maximum atomic E-state index is 12.7. The van der Waals surface area contributed by atoms with Crippen LogP contribution in [0.4, 0.5) is 0 Å². The summed E-state index contributed by atoms with van der Waals surface area (Å²) in [7, 11) is 5.52. The van der Waals surface area contributed by atoms with E-state index < -0.39 is 18.1 Å². The van der Waals surface area contributed by atoms with Gasteiger partial charge in [-0.2, -0.15) is 0 Å². The zero-order valence-electron chi connectivity index (χ0n) is 37.1. The van der Waals surface area contributed by atoms with Crippen LogP contribution in [-0.4, -0.2) is 80.6 Å². The lowest BCUT2D eigenvalue weighted by Gasteiger charge is -2.31. The van der Waals surface area contributed by atoms with Crippen molar-refractivity contribution in [3.05, 3.63) is 36.5 Å². The van der Waals surface area contributed by atoms with Gasteiger partial charge in [-0.1, -0.05) is 147 Å². The summed E-state index contributed by atoms with van der Waals surface area (Å²) in [6, 6.07) is -0.617. The first-order valence-corrected chi connectivity index (χ1v) is 23.0. The van der Waals surface area contributed by atoms with Gasteiger partial charge in [0.15, 0.2) is 12.1 Å². The van der Waals surface area contributed by atoms with Crippen LogP contribution in [0.2, 0.25) is 0 Å². The molecule has 8 heteroatoms. The predicted molar refractivity (Wildman–Crippen MR) is 234 cm³/mol. The minimum Gasteiger partial charge on any atom is -0.477 e. The Labute approximate surface area is 344 Å². The van der Waals surface area contributed by atoms with Crippen LogP contribution in [0, 0.1) is 0 Å². The molecule has 0 aliphatic rings. The van der Waals surface area contributed by atoms with Gasteiger partial charge in [0.2, 0.25) is 0 Å². The smallest absolute Gasteiger partial charge is 0.362 e. The summed E-state index contributed by atoms with van der Waals surface area (Å²) in [5, 5.41) is 9.62. The van der Waals surface area contributed by atoms with Gasteiger partial charge in [-0.25, -0.2) is 4.79 Å². The first kappa shape index (κ1) is 53.6. The Kier molecular flexibility index (Phi) is 37.7. The highest BCUT2D eigenvalue weighted by molar-refractivity contribution is 5.72. The van der Waals surface area contributed by atoms with Gasteiger partial charge in [0.05, 0.1) is 34.4 Å². The first-order valence-electron chi connectivity index (χ1n) is 23.0. The third-order valence-electron chi connectivity index (χ3n) is 10.3. The van der Waals surface area contributed by atoms with Gasteiger partial charge in [-0.3, -0.25) is 9.59 Å². The number of hydrogen-bond donors (Lipinski definition) is 1. The zero-order chi connectivity index (χ0) is 41.4. The number of aliphatic carboxylic acids is 1. The first-order chi connectivity index (χ1) is 27.1. The summed E-state index contributed by atoms with van der Waals surface area (Å²) >= 11 is 0. The molecule has 0 aromatic heterocycles. The molecule has 0 aromatic carbocycles. The number of allylic oxidation sites excluding steroid dienone is 6. The molecule has 1 N–H and O–H groups in total. The molecule has 0 spiro atoms. The van der Waals surface area contributed by atoms with Crippen LogP contribution < -0.4 is 0 Å². The molecule has 326 valence electrons. The lowest BCUT2D eigenvalue weighted by Crippen LogP contribution is -2.50. The summed E-state index contributed by atoms with van der Waals surface area (Å²) in [5.41, 5.74) is 0. The van der Waals surface area contributed by atoms with Gasteiger partial charge >= 0.3 is 17.9 Å². The Hall–Kier alpha value is -2.45.